The number of benzene rings is 3. The molecule has 0 aliphatic rings. The first-order valence-corrected chi connectivity index (χ1v) is 8.72. The van der Waals surface area contributed by atoms with Gasteiger partial charge in [0.2, 0.25) is 0 Å². The average Bonchev–Trinajstić information content (AvgIpc) is 2.63. The van der Waals surface area contributed by atoms with Crippen LogP contribution in [0.1, 0.15) is 22.8 Å². The van der Waals surface area contributed by atoms with E-state index in [1.807, 2.05) is 49.4 Å². The molecule has 0 bridgehead atoms. The van der Waals surface area contributed by atoms with Crippen molar-refractivity contribution in [3.05, 3.63) is 76.3 Å². The number of amides is 1. The maximum absolute atomic E-state index is 12.2. The number of nitrogens with one attached hydrogen (secondary N) is 1. The third-order valence-electron chi connectivity index (χ3n) is 3.68. The summed E-state index contributed by atoms with van der Waals surface area (Å²) in [6.45, 7) is 2.49. The summed E-state index contributed by atoms with van der Waals surface area (Å²) in [6.07, 6.45) is 1.63. The molecule has 0 unspecified atom stereocenters. The predicted molar refractivity (Wildman–Crippen MR) is 104 cm³/mol. The summed E-state index contributed by atoms with van der Waals surface area (Å²) in [6, 6.07) is 19.1. The Labute approximate surface area is 154 Å². The van der Waals surface area contributed by atoms with Gasteiger partial charge in [-0.15, -0.1) is 0 Å². The zero-order valence-corrected chi connectivity index (χ0v) is 15.3. The predicted octanol–water partition coefficient (Wildman–Crippen LogP) is 4.76. The molecule has 0 aliphatic heterocycles. The highest BCUT2D eigenvalue weighted by Gasteiger charge is 2.08. The number of hydrazone groups is 1. The fourth-order valence-electron chi connectivity index (χ4n) is 2.54. The quantitative estimate of drug-likeness (QED) is 0.498. The highest BCUT2D eigenvalue weighted by molar-refractivity contribution is 9.10. The van der Waals surface area contributed by atoms with Gasteiger partial charge in [0.25, 0.3) is 5.91 Å². The second kappa shape index (κ2) is 7.94. The number of rotatable bonds is 5. The first kappa shape index (κ1) is 17.2. The summed E-state index contributed by atoms with van der Waals surface area (Å²) in [5.74, 6) is 0.470. The van der Waals surface area contributed by atoms with Crippen molar-refractivity contribution in [2.45, 2.75) is 6.92 Å². The summed E-state index contributed by atoms with van der Waals surface area (Å²) < 4.78 is 6.54. The van der Waals surface area contributed by atoms with Crippen molar-refractivity contribution >= 4 is 38.8 Å². The number of ether oxygens (including phenoxy) is 1. The van der Waals surface area contributed by atoms with Gasteiger partial charge in [0.15, 0.2) is 0 Å². The Morgan fingerprint density at radius 2 is 2.00 bits per heavy atom. The van der Waals surface area contributed by atoms with E-state index in [4.69, 9.17) is 4.74 Å². The third-order valence-corrected chi connectivity index (χ3v) is 4.17. The second-order valence-electron chi connectivity index (χ2n) is 5.34. The topological polar surface area (TPSA) is 50.7 Å². The van der Waals surface area contributed by atoms with E-state index in [2.05, 4.69) is 26.5 Å². The van der Waals surface area contributed by atoms with E-state index in [0.29, 0.717) is 12.2 Å². The van der Waals surface area contributed by atoms with Crippen molar-refractivity contribution in [2.75, 3.05) is 6.61 Å². The van der Waals surface area contributed by atoms with Crippen molar-refractivity contribution in [1.29, 1.82) is 0 Å². The fraction of sp³-hybridized carbons (Fsp3) is 0.100. The van der Waals surface area contributed by atoms with Gasteiger partial charge in [-0.05, 0) is 42.0 Å². The molecule has 0 heterocycles. The standard InChI is InChI=1S/C20H17BrN2O2/c1-2-25-19-11-10-14-6-3-4-9-17(14)18(19)13-22-23-20(24)15-7-5-8-16(21)12-15/h3-13H,2H2,1H3,(H,23,24). The molecule has 3 aromatic carbocycles. The van der Waals surface area contributed by atoms with Gasteiger partial charge >= 0.3 is 0 Å². The maximum atomic E-state index is 12.2. The highest BCUT2D eigenvalue weighted by Crippen LogP contribution is 2.26. The molecule has 0 aliphatic carbocycles. The zero-order chi connectivity index (χ0) is 17.6. The second-order valence-corrected chi connectivity index (χ2v) is 6.26. The van der Waals surface area contributed by atoms with Crippen molar-refractivity contribution in [3.63, 3.8) is 0 Å². The van der Waals surface area contributed by atoms with Crippen LogP contribution in [0.25, 0.3) is 10.8 Å². The number of carbonyl (C=O) groups excluding carboxylic acids is 1. The Morgan fingerprint density at radius 1 is 1.16 bits per heavy atom. The van der Waals surface area contributed by atoms with Crippen LogP contribution in [0, 0.1) is 0 Å². The molecule has 0 aromatic heterocycles. The van der Waals surface area contributed by atoms with Gasteiger partial charge in [-0.2, -0.15) is 5.10 Å². The Kier molecular flexibility index (Phi) is 5.46. The molecule has 126 valence electrons. The van der Waals surface area contributed by atoms with Crippen LogP contribution in [0.5, 0.6) is 5.75 Å². The lowest BCUT2D eigenvalue weighted by atomic mass is 10.0. The van der Waals surface area contributed by atoms with Gasteiger partial charge in [-0.1, -0.05) is 52.3 Å². The van der Waals surface area contributed by atoms with Crippen LogP contribution >= 0.6 is 15.9 Å². The van der Waals surface area contributed by atoms with E-state index in [1.165, 1.54) is 0 Å². The van der Waals surface area contributed by atoms with Crippen molar-refractivity contribution < 1.29 is 9.53 Å². The molecule has 3 aromatic rings. The summed E-state index contributed by atoms with van der Waals surface area (Å²) in [5, 5.41) is 6.23. The van der Waals surface area contributed by atoms with Crippen LogP contribution < -0.4 is 10.2 Å². The van der Waals surface area contributed by atoms with Crippen LogP contribution in [-0.2, 0) is 0 Å². The van der Waals surface area contributed by atoms with Crippen LogP contribution in [0.2, 0.25) is 0 Å². The summed E-state index contributed by atoms with van der Waals surface area (Å²) in [5.41, 5.74) is 3.94. The first-order valence-electron chi connectivity index (χ1n) is 7.92. The molecule has 4 nitrogen and oxygen atoms in total. The lowest BCUT2D eigenvalue weighted by molar-refractivity contribution is 0.0955. The summed E-state index contributed by atoms with van der Waals surface area (Å²) in [4.78, 5) is 12.2. The van der Waals surface area contributed by atoms with Crippen molar-refractivity contribution in [3.8, 4) is 5.75 Å². The van der Waals surface area contributed by atoms with Crippen LogP contribution in [0.15, 0.2) is 70.2 Å². The third kappa shape index (κ3) is 4.06. The average molecular weight is 397 g/mol. The molecule has 0 fully saturated rings. The van der Waals surface area contributed by atoms with E-state index >= 15 is 0 Å². The lowest BCUT2D eigenvalue weighted by Gasteiger charge is -2.10. The Morgan fingerprint density at radius 3 is 2.80 bits per heavy atom. The fourth-order valence-corrected chi connectivity index (χ4v) is 2.94. The van der Waals surface area contributed by atoms with Gasteiger partial charge in [0, 0.05) is 15.6 Å². The van der Waals surface area contributed by atoms with E-state index in [0.717, 1.165) is 26.6 Å². The molecular formula is C20H17BrN2O2. The summed E-state index contributed by atoms with van der Waals surface area (Å²) >= 11 is 3.35. The van der Waals surface area contributed by atoms with Crippen LogP contribution in [0.3, 0.4) is 0 Å². The normalized spacial score (nSPS) is 11.0. The molecule has 25 heavy (non-hydrogen) atoms. The molecule has 1 amide bonds. The molecule has 5 heteroatoms. The van der Waals surface area contributed by atoms with Gasteiger partial charge in [0.1, 0.15) is 5.75 Å². The molecule has 0 spiro atoms. The molecule has 0 radical (unpaired) electrons. The Balaban J connectivity index is 1.87. The highest BCUT2D eigenvalue weighted by atomic mass is 79.9. The number of hydrogen-bond donors (Lipinski definition) is 1. The number of nitrogens with zero attached hydrogens (tertiary/aromatic N) is 1. The van der Waals surface area contributed by atoms with Gasteiger partial charge in [0.05, 0.1) is 12.8 Å². The van der Waals surface area contributed by atoms with Crippen LogP contribution in [-0.4, -0.2) is 18.7 Å². The van der Waals surface area contributed by atoms with E-state index < -0.39 is 0 Å². The SMILES string of the molecule is CCOc1ccc2ccccc2c1C=NNC(=O)c1cccc(Br)c1. The van der Waals surface area contributed by atoms with Gasteiger partial charge < -0.3 is 4.74 Å². The Hall–Kier alpha value is -2.66. The monoisotopic (exact) mass is 396 g/mol. The van der Waals surface area contributed by atoms with E-state index in [1.54, 1.807) is 24.4 Å². The number of halogens is 1. The number of hydrogen-bond acceptors (Lipinski definition) is 3. The van der Waals surface area contributed by atoms with Crippen LogP contribution in [0.4, 0.5) is 0 Å². The minimum atomic E-state index is -0.268. The maximum Gasteiger partial charge on any atom is 0.271 e. The van der Waals surface area contributed by atoms with Gasteiger partial charge in [-0.3, -0.25) is 4.79 Å². The lowest BCUT2D eigenvalue weighted by Crippen LogP contribution is -2.17. The molecule has 1 N–H and O–H groups in total. The molecule has 0 atom stereocenters. The number of carbonyl (C=O) groups is 1. The number of fused-ring (bicyclic) bond motifs is 1. The molecule has 0 saturated carbocycles. The van der Waals surface area contributed by atoms with E-state index in [-0.39, 0.29) is 5.91 Å². The Bertz CT molecular complexity index is 938. The first-order chi connectivity index (χ1) is 12.2. The smallest absolute Gasteiger partial charge is 0.271 e. The minimum absolute atomic E-state index is 0.268. The molecular weight excluding hydrogens is 380 g/mol. The minimum Gasteiger partial charge on any atom is -0.493 e. The van der Waals surface area contributed by atoms with Gasteiger partial charge in [-0.25, -0.2) is 5.43 Å². The van der Waals surface area contributed by atoms with Crippen molar-refractivity contribution in [2.24, 2.45) is 5.10 Å². The molecule has 0 saturated heterocycles. The molecule has 3 rings (SSSR count). The largest absolute Gasteiger partial charge is 0.493 e. The summed E-state index contributed by atoms with van der Waals surface area (Å²) in [7, 11) is 0. The zero-order valence-electron chi connectivity index (χ0n) is 13.7. The van der Waals surface area contributed by atoms with Crippen molar-refractivity contribution in [1.82, 2.24) is 5.43 Å². The van der Waals surface area contributed by atoms with E-state index in [9.17, 15) is 4.79 Å².